The van der Waals surface area contributed by atoms with E-state index in [4.69, 9.17) is 16.3 Å². The Morgan fingerprint density at radius 1 is 1.50 bits per heavy atom. The quantitative estimate of drug-likeness (QED) is 0.874. The Morgan fingerprint density at radius 2 is 2.36 bits per heavy atom. The van der Waals surface area contributed by atoms with Crippen LogP contribution in [0.25, 0.3) is 0 Å². The SMILES string of the molecule is CCC(C(=O)N1CCOc2ccc(Cl)cc2C1)n1cccn1. The number of nitrogens with zero attached hydrogens (tertiary/aromatic N) is 3. The molecule has 1 amide bonds. The minimum atomic E-state index is -0.282. The van der Waals surface area contributed by atoms with Gasteiger partial charge in [-0.15, -0.1) is 0 Å². The molecule has 1 aliphatic rings. The Labute approximate surface area is 134 Å². The predicted octanol–water partition coefficient (Wildman–Crippen LogP) is 2.91. The molecule has 0 bridgehead atoms. The van der Waals surface area contributed by atoms with Crippen molar-refractivity contribution in [2.45, 2.75) is 25.9 Å². The molecule has 1 atom stereocenters. The summed E-state index contributed by atoms with van der Waals surface area (Å²) in [6.07, 6.45) is 4.21. The van der Waals surface area contributed by atoms with Crippen LogP contribution in [0.1, 0.15) is 24.9 Å². The van der Waals surface area contributed by atoms with Crippen LogP contribution in [0.15, 0.2) is 36.7 Å². The Hall–Kier alpha value is -2.01. The molecule has 0 fully saturated rings. The lowest BCUT2D eigenvalue weighted by Gasteiger charge is -2.25. The fourth-order valence-electron chi connectivity index (χ4n) is 2.70. The minimum Gasteiger partial charge on any atom is -0.491 e. The zero-order valence-electron chi connectivity index (χ0n) is 12.4. The number of aromatic nitrogens is 2. The lowest BCUT2D eigenvalue weighted by molar-refractivity contribution is -0.136. The molecule has 2 aromatic rings. The topological polar surface area (TPSA) is 47.4 Å². The summed E-state index contributed by atoms with van der Waals surface area (Å²) < 4.78 is 7.43. The van der Waals surface area contributed by atoms with Crippen molar-refractivity contribution in [1.29, 1.82) is 0 Å². The highest BCUT2D eigenvalue weighted by Gasteiger charge is 2.27. The number of ether oxygens (including phenoxy) is 1. The van der Waals surface area contributed by atoms with Crippen molar-refractivity contribution in [2.75, 3.05) is 13.2 Å². The van der Waals surface area contributed by atoms with Gasteiger partial charge in [0.2, 0.25) is 5.91 Å². The van der Waals surface area contributed by atoms with Gasteiger partial charge in [0.15, 0.2) is 0 Å². The van der Waals surface area contributed by atoms with Gasteiger partial charge in [-0.3, -0.25) is 9.48 Å². The van der Waals surface area contributed by atoms with Gasteiger partial charge in [0.05, 0.1) is 6.54 Å². The van der Waals surface area contributed by atoms with E-state index >= 15 is 0 Å². The molecular weight excluding hydrogens is 302 g/mol. The molecule has 6 heteroatoms. The lowest BCUT2D eigenvalue weighted by atomic mass is 10.1. The second kappa shape index (κ2) is 6.40. The third-order valence-electron chi connectivity index (χ3n) is 3.83. The second-order valence-electron chi connectivity index (χ2n) is 5.27. The van der Waals surface area contributed by atoms with Gasteiger partial charge in [-0.25, -0.2) is 0 Å². The monoisotopic (exact) mass is 319 g/mol. The van der Waals surface area contributed by atoms with Crippen LogP contribution in [-0.2, 0) is 11.3 Å². The Kier molecular flexibility index (Phi) is 4.34. The third-order valence-corrected chi connectivity index (χ3v) is 4.07. The van der Waals surface area contributed by atoms with E-state index in [0.29, 0.717) is 31.1 Å². The first-order chi connectivity index (χ1) is 10.7. The molecule has 0 radical (unpaired) electrons. The Bertz CT molecular complexity index is 657. The lowest BCUT2D eigenvalue weighted by Crippen LogP contribution is -2.38. The van der Waals surface area contributed by atoms with Crippen molar-refractivity contribution in [3.63, 3.8) is 0 Å². The van der Waals surface area contributed by atoms with Crippen molar-refractivity contribution in [3.05, 3.63) is 47.2 Å². The Balaban J connectivity index is 1.83. The highest BCUT2D eigenvalue weighted by Crippen LogP contribution is 2.27. The smallest absolute Gasteiger partial charge is 0.247 e. The minimum absolute atomic E-state index is 0.0580. The molecule has 116 valence electrons. The standard InChI is InChI=1S/C16H18ClN3O2/c1-2-14(20-7-3-6-18-20)16(21)19-8-9-22-15-5-4-13(17)10-12(15)11-19/h3-7,10,14H,2,8-9,11H2,1H3. The predicted molar refractivity (Wildman–Crippen MR) is 83.9 cm³/mol. The molecule has 1 aliphatic heterocycles. The maximum Gasteiger partial charge on any atom is 0.247 e. The van der Waals surface area contributed by atoms with Gasteiger partial charge >= 0.3 is 0 Å². The molecule has 0 spiro atoms. The van der Waals surface area contributed by atoms with Gasteiger partial charge in [0.1, 0.15) is 18.4 Å². The van der Waals surface area contributed by atoms with E-state index in [0.717, 1.165) is 11.3 Å². The van der Waals surface area contributed by atoms with E-state index in [1.54, 1.807) is 16.9 Å². The zero-order chi connectivity index (χ0) is 15.5. The van der Waals surface area contributed by atoms with E-state index < -0.39 is 0 Å². The highest BCUT2D eigenvalue weighted by atomic mass is 35.5. The number of carbonyl (C=O) groups is 1. The zero-order valence-corrected chi connectivity index (χ0v) is 13.2. The first kappa shape index (κ1) is 14.9. The van der Waals surface area contributed by atoms with Crippen LogP contribution >= 0.6 is 11.6 Å². The van der Waals surface area contributed by atoms with Crippen molar-refractivity contribution >= 4 is 17.5 Å². The summed E-state index contributed by atoms with van der Waals surface area (Å²) in [5.41, 5.74) is 0.939. The maximum absolute atomic E-state index is 12.9. The van der Waals surface area contributed by atoms with Crippen LogP contribution in [-0.4, -0.2) is 33.7 Å². The number of benzene rings is 1. The summed E-state index contributed by atoms with van der Waals surface area (Å²) in [6, 6.07) is 7.07. The molecule has 5 nitrogen and oxygen atoms in total. The number of fused-ring (bicyclic) bond motifs is 1. The molecule has 3 rings (SSSR count). The number of rotatable bonds is 3. The number of hydrogen-bond acceptors (Lipinski definition) is 3. The van der Waals surface area contributed by atoms with Crippen molar-refractivity contribution < 1.29 is 9.53 Å². The van der Waals surface area contributed by atoms with E-state index in [-0.39, 0.29) is 11.9 Å². The first-order valence-electron chi connectivity index (χ1n) is 7.38. The fourth-order valence-corrected chi connectivity index (χ4v) is 2.90. The summed E-state index contributed by atoms with van der Waals surface area (Å²) >= 11 is 6.06. The average molecular weight is 320 g/mol. The molecule has 0 saturated heterocycles. The van der Waals surface area contributed by atoms with E-state index in [9.17, 15) is 4.79 Å². The summed E-state index contributed by atoms with van der Waals surface area (Å²) in [5, 5.41) is 4.85. The van der Waals surface area contributed by atoms with Crippen LogP contribution in [0.4, 0.5) is 0 Å². The summed E-state index contributed by atoms with van der Waals surface area (Å²) in [5.74, 6) is 0.856. The summed E-state index contributed by atoms with van der Waals surface area (Å²) in [7, 11) is 0. The number of halogens is 1. The number of hydrogen-bond donors (Lipinski definition) is 0. The molecule has 1 aromatic carbocycles. The van der Waals surface area contributed by atoms with E-state index in [2.05, 4.69) is 5.10 Å². The van der Waals surface area contributed by atoms with Gasteiger partial charge in [-0.1, -0.05) is 18.5 Å². The van der Waals surface area contributed by atoms with Gasteiger partial charge in [-0.2, -0.15) is 5.10 Å². The number of amides is 1. The second-order valence-corrected chi connectivity index (χ2v) is 5.71. The van der Waals surface area contributed by atoms with Gasteiger partial charge in [0, 0.05) is 29.5 Å². The molecule has 1 unspecified atom stereocenters. The van der Waals surface area contributed by atoms with Crippen molar-refractivity contribution in [3.8, 4) is 5.75 Å². The largest absolute Gasteiger partial charge is 0.491 e. The van der Waals surface area contributed by atoms with Crippen LogP contribution in [0.5, 0.6) is 5.75 Å². The molecule has 1 aromatic heterocycles. The molecule has 22 heavy (non-hydrogen) atoms. The normalized spacial score (nSPS) is 15.6. The maximum atomic E-state index is 12.9. The Morgan fingerprint density at radius 3 is 3.09 bits per heavy atom. The van der Waals surface area contributed by atoms with Crippen LogP contribution in [0.2, 0.25) is 5.02 Å². The molecule has 0 saturated carbocycles. The van der Waals surface area contributed by atoms with Crippen LogP contribution in [0, 0.1) is 0 Å². The molecule has 0 N–H and O–H groups in total. The fraction of sp³-hybridized carbons (Fsp3) is 0.375. The van der Waals surface area contributed by atoms with E-state index in [1.165, 1.54) is 0 Å². The van der Waals surface area contributed by atoms with Crippen molar-refractivity contribution in [2.24, 2.45) is 0 Å². The van der Waals surface area contributed by atoms with E-state index in [1.807, 2.05) is 36.2 Å². The third kappa shape index (κ3) is 2.95. The van der Waals surface area contributed by atoms with Crippen molar-refractivity contribution in [1.82, 2.24) is 14.7 Å². The van der Waals surface area contributed by atoms with Gasteiger partial charge < -0.3 is 9.64 Å². The summed E-state index contributed by atoms with van der Waals surface area (Å²) in [6.45, 7) is 3.54. The number of carbonyl (C=O) groups excluding carboxylic acids is 1. The average Bonchev–Trinajstić information content (AvgIpc) is 2.94. The first-order valence-corrected chi connectivity index (χ1v) is 7.76. The molecular formula is C16H18ClN3O2. The van der Waals surface area contributed by atoms with Gasteiger partial charge in [-0.05, 0) is 30.7 Å². The van der Waals surface area contributed by atoms with Gasteiger partial charge in [0.25, 0.3) is 0 Å². The van der Waals surface area contributed by atoms with Crippen LogP contribution in [0.3, 0.4) is 0 Å². The summed E-state index contributed by atoms with van der Waals surface area (Å²) in [4.78, 5) is 14.7. The molecule has 2 heterocycles. The molecule has 0 aliphatic carbocycles. The highest BCUT2D eigenvalue weighted by molar-refractivity contribution is 6.30. The van der Waals surface area contributed by atoms with Crippen LogP contribution < -0.4 is 4.74 Å².